The second-order valence-electron chi connectivity index (χ2n) is 5.86. The summed E-state index contributed by atoms with van der Waals surface area (Å²) in [7, 11) is 0. The Labute approximate surface area is 133 Å². The average Bonchev–Trinajstić information content (AvgIpc) is 3.05. The topological polar surface area (TPSA) is 69.6 Å². The molecule has 23 heavy (non-hydrogen) atoms. The molecular weight excluding hydrogens is 293 g/mol. The van der Waals surface area contributed by atoms with Crippen LogP contribution in [0.3, 0.4) is 0 Å². The average molecular weight is 309 g/mol. The standard InChI is InChI=1S/C17H16FN5/c18-15-8-20-17(21-9-15)23-10-14(7-22-23)12-1-2-13-6-16(19)4-3-11(13)5-12/h1-2,5,7-10,16H,3-4,6,19H2. The SMILES string of the molecule is NC1CCc2cc(-c3cnn(-c4ncc(F)cn4)c3)ccc2C1. The number of nitrogens with two attached hydrogens (primary N) is 1. The third kappa shape index (κ3) is 2.73. The van der Waals surface area contributed by atoms with E-state index in [1.54, 1.807) is 10.9 Å². The third-order valence-electron chi connectivity index (χ3n) is 4.20. The minimum atomic E-state index is -0.464. The maximum Gasteiger partial charge on any atom is 0.250 e. The Morgan fingerprint density at radius 3 is 2.74 bits per heavy atom. The summed E-state index contributed by atoms with van der Waals surface area (Å²) in [6.45, 7) is 0. The van der Waals surface area contributed by atoms with Gasteiger partial charge in [0, 0.05) is 17.8 Å². The smallest absolute Gasteiger partial charge is 0.250 e. The van der Waals surface area contributed by atoms with Crippen molar-refractivity contribution in [1.29, 1.82) is 0 Å². The highest BCUT2D eigenvalue weighted by molar-refractivity contribution is 5.64. The van der Waals surface area contributed by atoms with Crippen LogP contribution in [0.15, 0.2) is 43.0 Å². The predicted octanol–water partition coefficient (Wildman–Crippen LogP) is 2.28. The second-order valence-corrected chi connectivity index (χ2v) is 5.86. The number of benzene rings is 1. The molecule has 1 aliphatic rings. The van der Waals surface area contributed by atoms with Gasteiger partial charge in [-0.3, -0.25) is 0 Å². The van der Waals surface area contributed by atoms with Crippen LogP contribution in [0.1, 0.15) is 17.5 Å². The van der Waals surface area contributed by atoms with Crippen LogP contribution >= 0.6 is 0 Å². The van der Waals surface area contributed by atoms with Gasteiger partial charge in [-0.15, -0.1) is 0 Å². The van der Waals surface area contributed by atoms with Gasteiger partial charge in [0.1, 0.15) is 0 Å². The van der Waals surface area contributed by atoms with Gasteiger partial charge in [0.05, 0.1) is 18.6 Å². The molecule has 4 rings (SSSR count). The molecule has 2 heterocycles. The first kappa shape index (κ1) is 14.0. The van der Waals surface area contributed by atoms with Crippen molar-refractivity contribution in [3.8, 4) is 17.1 Å². The van der Waals surface area contributed by atoms with Gasteiger partial charge in [0.15, 0.2) is 5.82 Å². The number of aryl methyl sites for hydroxylation is 1. The van der Waals surface area contributed by atoms with Crippen LogP contribution in [0.25, 0.3) is 17.1 Å². The quantitative estimate of drug-likeness (QED) is 0.788. The zero-order chi connectivity index (χ0) is 15.8. The normalized spacial score (nSPS) is 17.0. The maximum absolute atomic E-state index is 12.9. The molecule has 2 N–H and O–H groups in total. The molecule has 0 bridgehead atoms. The van der Waals surface area contributed by atoms with E-state index in [-0.39, 0.29) is 6.04 Å². The Balaban J connectivity index is 1.65. The molecule has 116 valence electrons. The van der Waals surface area contributed by atoms with E-state index in [9.17, 15) is 4.39 Å². The van der Waals surface area contributed by atoms with Gasteiger partial charge in [-0.05, 0) is 36.0 Å². The molecule has 0 saturated heterocycles. The van der Waals surface area contributed by atoms with Gasteiger partial charge < -0.3 is 5.73 Å². The van der Waals surface area contributed by atoms with Gasteiger partial charge >= 0.3 is 0 Å². The molecule has 2 aromatic heterocycles. The van der Waals surface area contributed by atoms with E-state index in [0.29, 0.717) is 5.95 Å². The van der Waals surface area contributed by atoms with Crippen molar-refractivity contribution < 1.29 is 4.39 Å². The first-order chi connectivity index (χ1) is 11.2. The van der Waals surface area contributed by atoms with Crippen LogP contribution in [-0.4, -0.2) is 25.8 Å². The summed E-state index contributed by atoms with van der Waals surface area (Å²) >= 11 is 0. The van der Waals surface area contributed by atoms with Crippen molar-refractivity contribution in [2.45, 2.75) is 25.3 Å². The Hall–Kier alpha value is -2.60. The van der Waals surface area contributed by atoms with Gasteiger partial charge in [-0.1, -0.05) is 18.2 Å². The number of aromatic nitrogens is 4. The molecule has 0 aliphatic heterocycles. The summed E-state index contributed by atoms with van der Waals surface area (Å²) in [5.41, 5.74) is 10.8. The van der Waals surface area contributed by atoms with E-state index < -0.39 is 5.82 Å². The van der Waals surface area contributed by atoms with Crippen molar-refractivity contribution in [2.24, 2.45) is 5.73 Å². The fourth-order valence-corrected chi connectivity index (χ4v) is 2.97. The third-order valence-corrected chi connectivity index (χ3v) is 4.20. The largest absolute Gasteiger partial charge is 0.327 e. The highest BCUT2D eigenvalue weighted by atomic mass is 19.1. The minimum absolute atomic E-state index is 0.270. The van der Waals surface area contributed by atoms with Crippen molar-refractivity contribution >= 4 is 0 Å². The Kier molecular flexibility index (Phi) is 3.38. The van der Waals surface area contributed by atoms with E-state index >= 15 is 0 Å². The molecule has 0 fully saturated rings. The van der Waals surface area contributed by atoms with Crippen LogP contribution in [0.5, 0.6) is 0 Å². The number of nitrogens with zero attached hydrogens (tertiary/aromatic N) is 4. The van der Waals surface area contributed by atoms with Gasteiger partial charge in [0.25, 0.3) is 5.95 Å². The lowest BCUT2D eigenvalue weighted by Crippen LogP contribution is -2.27. The molecule has 0 spiro atoms. The summed E-state index contributed by atoms with van der Waals surface area (Å²) < 4.78 is 14.4. The van der Waals surface area contributed by atoms with Crippen molar-refractivity contribution in [3.63, 3.8) is 0 Å². The molecule has 3 aromatic rings. The molecule has 1 atom stereocenters. The Morgan fingerprint density at radius 2 is 1.91 bits per heavy atom. The van der Waals surface area contributed by atoms with Crippen molar-refractivity contribution in [3.05, 3.63) is 59.9 Å². The van der Waals surface area contributed by atoms with Crippen LogP contribution in [0, 0.1) is 5.82 Å². The number of hydrogen-bond acceptors (Lipinski definition) is 4. The number of halogens is 1. The molecule has 1 aliphatic carbocycles. The van der Waals surface area contributed by atoms with Crippen molar-refractivity contribution in [2.75, 3.05) is 0 Å². The summed E-state index contributed by atoms with van der Waals surface area (Å²) in [6, 6.07) is 6.71. The summed E-state index contributed by atoms with van der Waals surface area (Å²) in [6.07, 6.45) is 8.86. The molecule has 1 aromatic carbocycles. The number of fused-ring (bicyclic) bond motifs is 1. The van der Waals surface area contributed by atoms with Crippen LogP contribution in [0.2, 0.25) is 0 Å². The molecule has 0 saturated carbocycles. The minimum Gasteiger partial charge on any atom is -0.327 e. The van der Waals surface area contributed by atoms with Crippen molar-refractivity contribution in [1.82, 2.24) is 19.7 Å². The summed E-state index contributed by atoms with van der Waals surface area (Å²) in [4.78, 5) is 7.87. The predicted molar refractivity (Wildman–Crippen MR) is 84.5 cm³/mol. The molecule has 6 heteroatoms. The van der Waals surface area contributed by atoms with E-state index in [1.165, 1.54) is 11.1 Å². The zero-order valence-electron chi connectivity index (χ0n) is 12.5. The highest BCUT2D eigenvalue weighted by Crippen LogP contribution is 2.27. The second kappa shape index (κ2) is 5.55. The van der Waals surface area contributed by atoms with E-state index in [0.717, 1.165) is 42.8 Å². The van der Waals surface area contributed by atoms with Crippen LogP contribution in [-0.2, 0) is 12.8 Å². The van der Waals surface area contributed by atoms with Gasteiger partial charge in [-0.25, -0.2) is 19.0 Å². The molecular formula is C17H16FN5. The Bertz CT molecular complexity index is 840. The molecule has 0 amide bonds. The number of rotatable bonds is 2. The molecule has 1 unspecified atom stereocenters. The van der Waals surface area contributed by atoms with E-state index in [2.05, 4.69) is 33.3 Å². The van der Waals surface area contributed by atoms with E-state index in [1.807, 2.05) is 6.20 Å². The molecule has 0 radical (unpaired) electrons. The lowest BCUT2D eigenvalue weighted by Gasteiger charge is -2.21. The van der Waals surface area contributed by atoms with Gasteiger partial charge in [0.2, 0.25) is 0 Å². The summed E-state index contributed by atoms with van der Waals surface area (Å²) in [5, 5.41) is 4.27. The van der Waals surface area contributed by atoms with Crippen LogP contribution in [0.4, 0.5) is 4.39 Å². The monoisotopic (exact) mass is 309 g/mol. The zero-order valence-corrected chi connectivity index (χ0v) is 12.5. The van der Waals surface area contributed by atoms with Crippen LogP contribution < -0.4 is 5.73 Å². The number of hydrogen-bond donors (Lipinski definition) is 1. The maximum atomic E-state index is 12.9. The highest BCUT2D eigenvalue weighted by Gasteiger charge is 2.16. The fraction of sp³-hybridized carbons (Fsp3) is 0.235. The lowest BCUT2D eigenvalue weighted by molar-refractivity contribution is 0.577. The van der Waals surface area contributed by atoms with E-state index in [4.69, 9.17) is 5.73 Å². The first-order valence-electron chi connectivity index (χ1n) is 7.59. The summed E-state index contributed by atoms with van der Waals surface area (Å²) in [5.74, 6) is -0.115. The first-order valence-corrected chi connectivity index (χ1v) is 7.59. The lowest BCUT2D eigenvalue weighted by atomic mass is 9.87. The fourth-order valence-electron chi connectivity index (χ4n) is 2.97. The Morgan fingerprint density at radius 1 is 1.09 bits per heavy atom. The van der Waals surface area contributed by atoms with Gasteiger partial charge in [-0.2, -0.15) is 5.10 Å². The molecule has 5 nitrogen and oxygen atoms in total.